The van der Waals surface area contributed by atoms with Crippen LogP contribution in [0.3, 0.4) is 0 Å². The average Bonchev–Trinajstić information content (AvgIpc) is 3.34. The van der Waals surface area contributed by atoms with E-state index < -0.39 is 0 Å². The van der Waals surface area contributed by atoms with Gasteiger partial charge in [0.2, 0.25) is 11.8 Å². The Hall–Kier alpha value is -1.89. The van der Waals surface area contributed by atoms with Gasteiger partial charge in [-0.05, 0) is 37.1 Å². The van der Waals surface area contributed by atoms with Crippen molar-refractivity contribution in [1.29, 1.82) is 0 Å². The third kappa shape index (κ3) is 3.86. The van der Waals surface area contributed by atoms with Gasteiger partial charge in [-0.25, -0.2) is 4.79 Å². The molecule has 0 bridgehead atoms. The maximum atomic E-state index is 12.4. The molecule has 1 N–H and O–H groups in total. The molecule has 2 aliphatic rings. The van der Waals surface area contributed by atoms with Gasteiger partial charge < -0.3 is 14.6 Å². The van der Waals surface area contributed by atoms with Crippen LogP contribution >= 0.6 is 11.3 Å². The zero-order chi connectivity index (χ0) is 17.1. The van der Waals surface area contributed by atoms with Crippen LogP contribution in [0.2, 0.25) is 0 Å². The van der Waals surface area contributed by atoms with Crippen molar-refractivity contribution in [2.24, 2.45) is 0 Å². The van der Waals surface area contributed by atoms with Crippen LogP contribution < -0.4 is 5.32 Å². The molecule has 1 aliphatic heterocycles. The fourth-order valence-electron chi connectivity index (χ4n) is 3.74. The number of nitrogens with zero attached hydrogens (tertiary/aromatic N) is 3. The third-order valence-corrected chi connectivity index (χ3v) is 5.96. The lowest BCUT2D eigenvalue weighted by atomic mass is 9.95. The number of hydrogen-bond donors (Lipinski definition) is 1. The van der Waals surface area contributed by atoms with Gasteiger partial charge in [0.1, 0.15) is 0 Å². The largest absolute Gasteiger partial charge is 0.420 e. The molecule has 0 spiro atoms. The first-order valence-electron chi connectivity index (χ1n) is 9.21. The summed E-state index contributed by atoms with van der Waals surface area (Å²) in [4.78, 5) is 14.4. The first kappa shape index (κ1) is 16.6. The van der Waals surface area contributed by atoms with Gasteiger partial charge in [0.25, 0.3) is 0 Å². The number of rotatable bonds is 3. The number of aromatic nitrogens is 2. The number of piperidine rings is 1. The molecule has 0 radical (unpaired) electrons. The van der Waals surface area contributed by atoms with Gasteiger partial charge in [-0.1, -0.05) is 19.3 Å². The highest BCUT2D eigenvalue weighted by molar-refractivity contribution is 7.08. The number of likely N-dealkylation sites (tertiary alicyclic amines) is 1. The zero-order valence-corrected chi connectivity index (χ0v) is 15.1. The van der Waals surface area contributed by atoms with E-state index in [1.165, 1.54) is 19.3 Å². The fourth-order valence-corrected chi connectivity index (χ4v) is 4.37. The lowest BCUT2D eigenvalue weighted by Gasteiger charge is -2.32. The highest BCUT2D eigenvalue weighted by Crippen LogP contribution is 2.30. The summed E-state index contributed by atoms with van der Waals surface area (Å²) in [7, 11) is 0. The number of thiophene rings is 1. The van der Waals surface area contributed by atoms with Gasteiger partial charge in [-0.15, -0.1) is 10.2 Å². The van der Waals surface area contributed by atoms with E-state index in [0.29, 0.717) is 17.8 Å². The first-order chi connectivity index (χ1) is 12.3. The number of urea groups is 1. The molecule has 0 unspecified atom stereocenters. The molecule has 134 valence electrons. The quantitative estimate of drug-likeness (QED) is 0.897. The summed E-state index contributed by atoms with van der Waals surface area (Å²) in [5, 5.41) is 15.6. The summed E-state index contributed by atoms with van der Waals surface area (Å²) < 4.78 is 5.85. The van der Waals surface area contributed by atoms with Crippen LogP contribution in [0.5, 0.6) is 0 Å². The molecule has 1 saturated carbocycles. The van der Waals surface area contributed by atoms with Crippen molar-refractivity contribution >= 4 is 17.4 Å². The van der Waals surface area contributed by atoms with Crippen molar-refractivity contribution in [3.63, 3.8) is 0 Å². The molecule has 1 aliphatic carbocycles. The Morgan fingerprint density at radius 3 is 2.68 bits per heavy atom. The van der Waals surface area contributed by atoms with E-state index in [4.69, 9.17) is 4.42 Å². The van der Waals surface area contributed by atoms with E-state index >= 15 is 0 Å². The highest BCUT2D eigenvalue weighted by Gasteiger charge is 2.28. The van der Waals surface area contributed by atoms with Crippen LogP contribution in [0.4, 0.5) is 4.79 Å². The van der Waals surface area contributed by atoms with Crippen LogP contribution in [0.1, 0.15) is 56.8 Å². The van der Waals surface area contributed by atoms with Gasteiger partial charge >= 0.3 is 6.03 Å². The van der Waals surface area contributed by atoms with Crippen LogP contribution in [0.25, 0.3) is 11.5 Å². The predicted octanol–water partition coefficient (Wildman–Crippen LogP) is 4.02. The molecule has 25 heavy (non-hydrogen) atoms. The normalized spacial score (nSPS) is 19.9. The van der Waals surface area contributed by atoms with E-state index in [9.17, 15) is 4.79 Å². The van der Waals surface area contributed by atoms with Crippen LogP contribution in [-0.4, -0.2) is 40.3 Å². The van der Waals surface area contributed by atoms with Gasteiger partial charge in [0.05, 0.1) is 0 Å². The maximum Gasteiger partial charge on any atom is 0.317 e. The van der Waals surface area contributed by atoms with Crippen molar-refractivity contribution in [2.45, 2.75) is 56.9 Å². The van der Waals surface area contributed by atoms with Crippen molar-refractivity contribution in [3.05, 3.63) is 22.7 Å². The Balaban J connectivity index is 1.30. The minimum atomic E-state index is 0.0924. The molecule has 2 fully saturated rings. The van der Waals surface area contributed by atoms with Crippen molar-refractivity contribution in [3.8, 4) is 11.5 Å². The summed E-state index contributed by atoms with van der Waals surface area (Å²) in [6, 6.07) is 2.44. The predicted molar refractivity (Wildman–Crippen MR) is 96.6 cm³/mol. The molecule has 2 aromatic heterocycles. The lowest BCUT2D eigenvalue weighted by Crippen LogP contribution is -2.48. The highest BCUT2D eigenvalue weighted by atomic mass is 32.1. The molecule has 0 atom stereocenters. The second-order valence-electron chi connectivity index (χ2n) is 7.00. The standard InChI is InChI=1S/C18H24N4O2S/c23-18(19-15-4-2-1-3-5-15)22-9-6-13(7-10-22)16-20-21-17(24-16)14-8-11-25-12-14/h8,11-13,15H,1-7,9-10H2,(H,19,23). The van der Waals surface area contributed by atoms with Gasteiger partial charge in [-0.3, -0.25) is 0 Å². The van der Waals surface area contributed by atoms with Crippen molar-refractivity contribution < 1.29 is 9.21 Å². The Morgan fingerprint density at radius 2 is 1.96 bits per heavy atom. The first-order valence-corrected chi connectivity index (χ1v) is 10.2. The minimum absolute atomic E-state index is 0.0924. The number of carbonyl (C=O) groups excluding carboxylic acids is 1. The zero-order valence-electron chi connectivity index (χ0n) is 14.3. The number of carbonyl (C=O) groups is 1. The summed E-state index contributed by atoms with van der Waals surface area (Å²) in [6.45, 7) is 1.50. The number of hydrogen-bond acceptors (Lipinski definition) is 5. The van der Waals surface area contributed by atoms with Crippen molar-refractivity contribution in [1.82, 2.24) is 20.4 Å². The minimum Gasteiger partial charge on any atom is -0.420 e. The third-order valence-electron chi connectivity index (χ3n) is 5.27. The van der Waals surface area contributed by atoms with E-state index in [0.717, 1.165) is 44.3 Å². The second kappa shape index (κ2) is 7.56. The molecule has 7 heteroatoms. The smallest absolute Gasteiger partial charge is 0.317 e. The Morgan fingerprint density at radius 1 is 1.16 bits per heavy atom. The number of nitrogens with one attached hydrogen (secondary N) is 1. The monoisotopic (exact) mass is 360 g/mol. The summed E-state index contributed by atoms with van der Waals surface area (Å²) in [6.07, 6.45) is 7.76. The SMILES string of the molecule is O=C(NC1CCCCC1)N1CCC(c2nnc(-c3ccsc3)o2)CC1. The topological polar surface area (TPSA) is 71.3 Å². The molecular weight excluding hydrogens is 336 g/mol. The van der Waals surface area contributed by atoms with Crippen LogP contribution in [0, 0.1) is 0 Å². The molecule has 0 aromatic carbocycles. The Bertz CT molecular complexity index is 686. The average molecular weight is 360 g/mol. The summed E-state index contributed by atoms with van der Waals surface area (Å²) in [5.74, 6) is 1.54. The van der Waals surface area contributed by atoms with E-state index in [1.54, 1.807) is 11.3 Å². The lowest BCUT2D eigenvalue weighted by molar-refractivity contribution is 0.171. The molecule has 4 rings (SSSR count). The number of amides is 2. The Kier molecular flexibility index (Phi) is 5.01. The van der Waals surface area contributed by atoms with Gasteiger partial charge in [-0.2, -0.15) is 11.3 Å². The van der Waals surface area contributed by atoms with Gasteiger partial charge in [0.15, 0.2) is 0 Å². The molecule has 2 amide bonds. The second-order valence-corrected chi connectivity index (χ2v) is 7.78. The molecule has 6 nitrogen and oxygen atoms in total. The van der Waals surface area contributed by atoms with Crippen LogP contribution in [0.15, 0.2) is 21.2 Å². The van der Waals surface area contributed by atoms with Crippen molar-refractivity contribution in [2.75, 3.05) is 13.1 Å². The maximum absolute atomic E-state index is 12.4. The van der Waals surface area contributed by atoms with E-state index in [1.807, 2.05) is 21.7 Å². The summed E-state index contributed by atoms with van der Waals surface area (Å²) in [5.41, 5.74) is 0.980. The fraction of sp³-hybridized carbons (Fsp3) is 0.611. The molecule has 3 heterocycles. The van der Waals surface area contributed by atoms with E-state index in [2.05, 4.69) is 15.5 Å². The van der Waals surface area contributed by atoms with Crippen LogP contribution in [-0.2, 0) is 0 Å². The molecule has 2 aromatic rings. The van der Waals surface area contributed by atoms with Gasteiger partial charge in [0, 0.05) is 36.0 Å². The Labute approximate surface area is 151 Å². The molecular formula is C18H24N4O2S. The summed E-state index contributed by atoms with van der Waals surface area (Å²) >= 11 is 1.62. The van der Waals surface area contributed by atoms with E-state index in [-0.39, 0.29) is 11.9 Å². The molecule has 1 saturated heterocycles.